The average molecular weight is 238 g/mol. The molecule has 1 aliphatic carbocycles. The van der Waals surface area contributed by atoms with Gasteiger partial charge in [-0.15, -0.1) is 0 Å². The van der Waals surface area contributed by atoms with Crippen LogP contribution in [0, 0.1) is 11.8 Å². The molecule has 0 aromatic heterocycles. The van der Waals surface area contributed by atoms with Gasteiger partial charge in [0.05, 0.1) is 6.10 Å². The van der Waals surface area contributed by atoms with E-state index in [2.05, 4.69) is 6.08 Å². The molecule has 0 aliphatic heterocycles. The summed E-state index contributed by atoms with van der Waals surface area (Å²) in [5.41, 5.74) is 1.24. The van der Waals surface area contributed by atoms with E-state index < -0.39 is 6.10 Å². The van der Waals surface area contributed by atoms with Crippen molar-refractivity contribution < 1.29 is 14.6 Å². The molecule has 0 heterocycles. The van der Waals surface area contributed by atoms with Crippen molar-refractivity contribution in [2.45, 2.75) is 46.3 Å². The van der Waals surface area contributed by atoms with E-state index in [9.17, 15) is 9.90 Å². The summed E-state index contributed by atoms with van der Waals surface area (Å²) in [5, 5.41) is 9.82. The molecule has 1 N–H and O–H groups in total. The lowest BCUT2D eigenvalue weighted by Crippen LogP contribution is -2.37. The van der Waals surface area contributed by atoms with Crippen molar-refractivity contribution >= 4 is 5.97 Å². The molecule has 1 rings (SSSR count). The zero-order valence-electron chi connectivity index (χ0n) is 11.0. The number of hydrogen-bond acceptors (Lipinski definition) is 3. The summed E-state index contributed by atoms with van der Waals surface area (Å²) in [6.07, 6.45) is 5.80. The van der Waals surface area contributed by atoms with Crippen LogP contribution in [0.3, 0.4) is 0 Å². The van der Waals surface area contributed by atoms with E-state index in [1.54, 1.807) is 12.2 Å². The number of allylic oxidation sites excluding steroid dienone is 2. The molecule has 0 saturated carbocycles. The van der Waals surface area contributed by atoms with Crippen LogP contribution in [0.25, 0.3) is 0 Å². The number of ether oxygens (including phenoxy) is 1. The Morgan fingerprint density at radius 2 is 2.00 bits per heavy atom. The second-order valence-corrected chi connectivity index (χ2v) is 4.99. The van der Waals surface area contributed by atoms with Crippen LogP contribution in [0.4, 0.5) is 0 Å². The monoisotopic (exact) mass is 238 g/mol. The van der Waals surface area contributed by atoms with Crippen molar-refractivity contribution in [1.82, 2.24) is 0 Å². The van der Waals surface area contributed by atoms with Crippen LogP contribution in [-0.4, -0.2) is 23.3 Å². The first-order valence-corrected chi connectivity index (χ1v) is 6.08. The fourth-order valence-corrected chi connectivity index (χ4v) is 2.13. The third kappa shape index (κ3) is 4.00. The van der Waals surface area contributed by atoms with Gasteiger partial charge in [0.2, 0.25) is 0 Å². The summed E-state index contributed by atoms with van der Waals surface area (Å²) in [7, 11) is 0. The molecule has 0 amide bonds. The minimum absolute atomic E-state index is 0.0972. The first-order chi connectivity index (χ1) is 7.91. The molecule has 0 fully saturated rings. The van der Waals surface area contributed by atoms with Crippen molar-refractivity contribution in [2.75, 3.05) is 0 Å². The van der Waals surface area contributed by atoms with Crippen LogP contribution in [0.15, 0.2) is 23.8 Å². The molecule has 0 bridgehead atoms. The third-order valence-electron chi connectivity index (χ3n) is 3.23. The standard InChI is InChI=1S/C14H22O3/c1-9(2)5-6-12-10(3)13(16)7-8-14(12)17-11(4)15/h5,7-8,10,12-14,16H,6H2,1-4H3. The van der Waals surface area contributed by atoms with Crippen LogP contribution < -0.4 is 0 Å². The molecular formula is C14H22O3. The number of aliphatic hydroxyl groups is 1. The lowest BCUT2D eigenvalue weighted by atomic mass is 9.78. The zero-order valence-corrected chi connectivity index (χ0v) is 11.0. The fraction of sp³-hybridized carbons (Fsp3) is 0.643. The Labute approximate surface area is 103 Å². The second-order valence-electron chi connectivity index (χ2n) is 4.99. The highest BCUT2D eigenvalue weighted by molar-refractivity contribution is 5.66. The number of hydrogen-bond donors (Lipinski definition) is 1. The summed E-state index contributed by atoms with van der Waals surface area (Å²) in [6, 6.07) is 0. The molecule has 4 atom stereocenters. The highest BCUT2D eigenvalue weighted by atomic mass is 16.5. The van der Waals surface area contributed by atoms with Crippen molar-refractivity contribution in [3.05, 3.63) is 23.8 Å². The quantitative estimate of drug-likeness (QED) is 0.607. The molecule has 0 aromatic carbocycles. The maximum atomic E-state index is 11.0. The maximum Gasteiger partial charge on any atom is 0.303 e. The smallest absolute Gasteiger partial charge is 0.303 e. The lowest BCUT2D eigenvalue weighted by Gasteiger charge is -2.34. The van der Waals surface area contributed by atoms with Crippen molar-refractivity contribution in [3.8, 4) is 0 Å². The number of carbonyl (C=O) groups excluding carboxylic acids is 1. The summed E-state index contributed by atoms with van der Waals surface area (Å²) < 4.78 is 5.29. The highest BCUT2D eigenvalue weighted by Gasteiger charge is 2.33. The molecule has 0 radical (unpaired) electrons. The molecule has 1 aliphatic rings. The summed E-state index contributed by atoms with van der Waals surface area (Å²) in [6.45, 7) is 7.50. The van der Waals surface area contributed by atoms with Gasteiger partial charge in [0, 0.05) is 12.8 Å². The number of carbonyl (C=O) groups is 1. The molecule has 3 heteroatoms. The van der Waals surface area contributed by atoms with E-state index in [-0.39, 0.29) is 23.9 Å². The van der Waals surface area contributed by atoms with Crippen molar-refractivity contribution in [3.63, 3.8) is 0 Å². The normalized spacial score (nSPS) is 32.1. The van der Waals surface area contributed by atoms with Gasteiger partial charge in [0.15, 0.2) is 0 Å². The van der Waals surface area contributed by atoms with Gasteiger partial charge in [-0.05, 0) is 32.3 Å². The molecule has 3 nitrogen and oxygen atoms in total. The van der Waals surface area contributed by atoms with Gasteiger partial charge in [0.1, 0.15) is 6.10 Å². The predicted octanol–water partition coefficient (Wildman–Crippen LogP) is 2.46. The Hall–Kier alpha value is -1.09. The third-order valence-corrected chi connectivity index (χ3v) is 3.23. The molecular weight excluding hydrogens is 216 g/mol. The van der Waals surface area contributed by atoms with Gasteiger partial charge in [-0.25, -0.2) is 0 Å². The van der Waals surface area contributed by atoms with E-state index in [1.807, 2.05) is 20.8 Å². The second kappa shape index (κ2) is 6.01. The van der Waals surface area contributed by atoms with Gasteiger partial charge in [-0.2, -0.15) is 0 Å². The molecule has 4 unspecified atom stereocenters. The summed E-state index contributed by atoms with van der Waals surface area (Å²) >= 11 is 0. The predicted molar refractivity (Wildman–Crippen MR) is 67.4 cm³/mol. The van der Waals surface area contributed by atoms with Gasteiger partial charge >= 0.3 is 5.97 Å². The van der Waals surface area contributed by atoms with E-state index in [0.717, 1.165) is 6.42 Å². The first-order valence-electron chi connectivity index (χ1n) is 6.08. The zero-order chi connectivity index (χ0) is 13.0. The topological polar surface area (TPSA) is 46.5 Å². The Kier molecular flexibility index (Phi) is 4.94. The summed E-state index contributed by atoms with van der Waals surface area (Å²) in [5.74, 6) is -0.0285. The van der Waals surface area contributed by atoms with Gasteiger partial charge in [-0.3, -0.25) is 4.79 Å². The van der Waals surface area contributed by atoms with Crippen LogP contribution in [0.1, 0.15) is 34.1 Å². The Morgan fingerprint density at radius 1 is 1.35 bits per heavy atom. The number of rotatable bonds is 3. The van der Waals surface area contributed by atoms with Crippen LogP contribution in [-0.2, 0) is 9.53 Å². The fourth-order valence-electron chi connectivity index (χ4n) is 2.13. The van der Waals surface area contributed by atoms with E-state index in [1.165, 1.54) is 12.5 Å². The largest absolute Gasteiger partial charge is 0.458 e. The maximum absolute atomic E-state index is 11.0. The van der Waals surface area contributed by atoms with E-state index >= 15 is 0 Å². The summed E-state index contributed by atoms with van der Waals surface area (Å²) in [4.78, 5) is 11.0. The van der Waals surface area contributed by atoms with Crippen molar-refractivity contribution in [2.24, 2.45) is 11.8 Å². The molecule has 0 saturated heterocycles. The minimum atomic E-state index is -0.447. The van der Waals surface area contributed by atoms with Crippen molar-refractivity contribution in [1.29, 1.82) is 0 Å². The van der Waals surface area contributed by atoms with Crippen LogP contribution in [0.5, 0.6) is 0 Å². The Bertz CT molecular complexity index is 326. The van der Waals surface area contributed by atoms with E-state index in [4.69, 9.17) is 4.74 Å². The van der Waals surface area contributed by atoms with E-state index in [0.29, 0.717) is 0 Å². The van der Waals surface area contributed by atoms with Gasteiger partial charge < -0.3 is 9.84 Å². The average Bonchev–Trinajstić information content (AvgIpc) is 2.22. The molecule has 17 heavy (non-hydrogen) atoms. The van der Waals surface area contributed by atoms with Crippen LogP contribution >= 0.6 is 0 Å². The Morgan fingerprint density at radius 3 is 2.53 bits per heavy atom. The number of esters is 1. The van der Waals surface area contributed by atoms with Gasteiger partial charge in [-0.1, -0.05) is 24.6 Å². The lowest BCUT2D eigenvalue weighted by molar-refractivity contribution is -0.148. The molecule has 0 aromatic rings. The highest BCUT2D eigenvalue weighted by Crippen LogP contribution is 2.31. The SMILES string of the molecule is CC(=O)OC1C=CC(O)C(C)C1CC=C(C)C. The van der Waals surface area contributed by atoms with Crippen LogP contribution in [0.2, 0.25) is 0 Å². The Balaban J connectivity index is 2.80. The molecule has 96 valence electrons. The number of aliphatic hydroxyl groups excluding tert-OH is 1. The molecule has 0 spiro atoms. The minimum Gasteiger partial charge on any atom is -0.458 e. The first kappa shape index (κ1) is 14.0. The van der Waals surface area contributed by atoms with Gasteiger partial charge in [0.25, 0.3) is 0 Å².